The number of carbonyl (C=O) groups is 3. The number of ketones is 1. The molecule has 0 spiro atoms. The number of Topliss-reactive ketones (excluding diaryl/α,β-unsaturated/α-hetero) is 1. The average molecular weight is 410 g/mol. The van der Waals surface area contributed by atoms with E-state index in [1.807, 2.05) is 61.5 Å². The maximum atomic E-state index is 12.4. The molecule has 1 aliphatic heterocycles. The van der Waals surface area contributed by atoms with Crippen molar-refractivity contribution in [1.82, 2.24) is 10.9 Å². The van der Waals surface area contributed by atoms with Gasteiger partial charge in [0.2, 0.25) is 5.91 Å². The Morgan fingerprint density at radius 2 is 1.76 bits per heavy atom. The molecular formula is C21H22N4O3S. The van der Waals surface area contributed by atoms with Gasteiger partial charge >= 0.3 is 0 Å². The molecule has 0 fully saturated rings. The van der Waals surface area contributed by atoms with Gasteiger partial charge in [0.1, 0.15) is 11.8 Å². The number of hydrogen-bond donors (Lipinski definition) is 2. The molecule has 1 aliphatic rings. The molecule has 0 saturated carbocycles. The van der Waals surface area contributed by atoms with Gasteiger partial charge in [0, 0.05) is 11.3 Å². The minimum atomic E-state index is -0.536. The van der Waals surface area contributed by atoms with Crippen LogP contribution in [0.4, 0.5) is 5.69 Å². The molecule has 3 rings (SSSR count). The minimum Gasteiger partial charge on any atom is -0.298 e. The van der Waals surface area contributed by atoms with E-state index >= 15 is 0 Å². The number of carbonyl (C=O) groups excluding carboxylic acids is 3. The van der Waals surface area contributed by atoms with Crippen LogP contribution in [0.15, 0.2) is 64.6 Å². The van der Waals surface area contributed by atoms with Crippen LogP contribution in [0.5, 0.6) is 0 Å². The second-order valence-electron chi connectivity index (χ2n) is 6.66. The van der Waals surface area contributed by atoms with Gasteiger partial charge < -0.3 is 0 Å². The maximum absolute atomic E-state index is 12.4. The molecule has 2 aromatic carbocycles. The summed E-state index contributed by atoms with van der Waals surface area (Å²) in [5, 5.41) is 5.85. The van der Waals surface area contributed by atoms with E-state index in [2.05, 4.69) is 16.0 Å². The summed E-state index contributed by atoms with van der Waals surface area (Å²) in [5.41, 5.74) is 6.85. The van der Waals surface area contributed by atoms with E-state index in [-0.39, 0.29) is 29.6 Å². The van der Waals surface area contributed by atoms with Gasteiger partial charge in [0.15, 0.2) is 5.78 Å². The van der Waals surface area contributed by atoms with Crippen molar-refractivity contribution in [3.8, 4) is 0 Å². The number of para-hydroxylation sites is 1. The summed E-state index contributed by atoms with van der Waals surface area (Å²) in [6.07, 6.45) is 0.185. The highest BCUT2D eigenvalue weighted by atomic mass is 32.2. The van der Waals surface area contributed by atoms with Gasteiger partial charge in [-0.3, -0.25) is 30.2 Å². The Morgan fingerprint density at radius 1 is 1.07 bits per heavy atom. The number of hydrazine groups is 1. The SMILES string of the molecule is CC(=O)C1CC(C(=O)NNC(=O)CSc2ccc(C)cc2)=NN1c1ccccc1. The van der Waals surface area contributed by atoms with Crippen LogP contribution in [-0.2, 0) is 14.4 Å². The Hall–Kier alpha value is -3.13. The smallest absolute Gasteiger partial charge is 0.285 e. The van der Waals surface area contributed by atoms with Crippen molar-refractivity contribution in [2.45, 2.75) is 31.2 Å². The Labute approximate surface area is 173 Å². The molecule has 0 radical (unpaired) electrons. The molecular weight excluding hydrogens is 388 g/mol. The van der Waals surface area contributed by atoms with Gasteiger partial charge in [0.05, 0.1) is 11.4 Å². The zero-order valence-electron chi connectivity index (χ0n) is 16.2. The summed E-state index contributed by atoms with van der Waals surface area (Å²) < 4.78 is 0. The van der Waals surface area contributed by atoms with Crippen LogP contribution in [0.25, 0.3) is 0 Å². The van der Waals surface area contributed by atoms with E-state index < -0.39 is 11.9 Å². The third kappa shape index (κ3) is 5.45. The molecule has 1 heterocycles. The van der Waals surface area contributed by atoms with Gasteiger partial charge in [-0.25, -0.2) is 0 Å². The number of aryl methyl sites for hydroxylation is 1. The number of nitrogens with one attached hydrogen (secondary N) is 2. The monoisotopic (exact) mass is 410 g/mol. The molecule has 1 atom stereocenters. The Bertz CT molecular complexity index is 929. The maximum Gasteiger partial charge on any atom is 0.285 e. The van der Waals surface area contributed by atoms with Crippen molar-refractivity contribution >= 4 is 40.8 Å². The van der Waals surface area contributed by atoms with Crippen LogP contribution in [-0.4, -0.2) is 35.1 Å². The molecule has 0 bridgehead atoms. The number of amides is 2. The number of nitrogens with zero attached hydrogens (tertiary/aromatic N) is 2. The van der Waals surface area contributed by atoms with E-state index in [4.69, 9.17) is 0 Å². The Kier molecular flexibility index (Phi) is 6.66. The highest BCUT2D eigenvalue weighted by Gasteiger charge is 2.34. The second kappa shape index (κ2) is 9.38. The fraction of sp³-hybridized carbons (Fsp3) is 0.238. The molecule has 0 aliphatic carbocycles. The topological polar surface area (TPSA) is 90.9 Å². The highest BCUT2D eigenvalue weighted by molar-refractivity contribution is 8.00. The highest BCUT2D eigenvalue weighted by Crippen LogP contribution is 2.25. The molecule has 2 aromatic rings. The minimum absolute atomic E-state index is 0.0843. The normalized spacial score (nSPS) is 15.6. The van der Waals surface area contributed by atoms with Crippen LogP contribution >= 0.6 is 11.8 Å². The summed E-state index contributed by atoms with van der Waals surface area (Å²) in [6.45, 7) is 3.47. The van der Waals surface area contributed by atoms with Gasteiger partial charge in [0.25, 0.3) is 5.91 Å². The number of hydrogen-bond acceptors (Lipinski definition) is 6. The molecule has 29 heavy (non-hydrogen) atoms. The predicted octanol–water partition coefficient (Wildman–Crippen LogP) is 2.46. The fourth-order valence-corrected chi connectivity index (χ4v) is 3.50. The Balaban J connectivity index is 1.55. The standard InChI is InChI=1S/C21H22N4O3S/c1-14-8-10-17(11-9-14)29-13-20(27)22-23-21(28)18-12-19(15(2)26)25(24-18)16-6-4-3-5-7-16/h3-11,19H,12-13H2,1-2H3,(H,22,27)(H,23,28). The van der Waals surface area contributed by atoms with Gasteiger partial charge in [-0.2, -0.15) is 5.10 Å². The number of thioether (sulfide) groups is 1. The van der Waals surface area contributed by atoms with Gasteiger partial charge in [-0.1, -0.05) is 35.9 Å². The number of anilines is 1. The molecule has 0 aromatic heterocycles. The van der Waals surface area contributed by atoms with Crippen molar-refractivity contribution < 1.29 is 14.4 Å². The summed E-state index contributed by atoms with van der Waals surface area (Å²) >= 11 is 1.38. The van der Waals surface area contributed by atoms with E-state index in [1.54, 1.807) is 5.01 Å². The predicted molar refractivity (Wildman–Crippen MR) is 114 cm³/mol. The molecule has 7 nitrogen and oxygen atoms in total. The summed E-state index contributed by atoms with van der Waals surface area (Å²) in [4.78, 5) is 37.4. The summed E-state index contributed by atoms with van der Waals surface area (Å²) in [5.74, 6) is -0.768. The van der Waals surface area contributed by atoms with Crippen molar-refractivity contribution in [3.63, 3.8) is 0 Å². The number of hydrazone groups is 1. The van der Waals surface area contributed by atoms with Crippen molar-refractivity contribution in [2.24, 2.45) is 5.10 Å². The van der Waals surface area contributed by atoms with Crippen LogP contribution in [0, 0.1) is 6.92 Å². The van der Waals surface area contributed by atoms with Crippen LogP contribution in [0.2, 0.25) is 0 Å². The molecule has 1 unspecified atom stereocenters. The van der Waals surface area contributed by atoms with Crippen LogP contribution in [0.3, 0.4) is 0 Å². The van der Waals surface area contributed by atoms with Gasteiger partial charge in [-0.15, -0.1) is 11.8 Å². The summed E-state index contributed by atoms with van der Waals surface area (Å²) in [6, 6.07) is 16.5. The van der Waals surface area contributed by atoms with Gasteiger partial charge in [-0.05, 0) is 38.1 Å². The number of benzene rings is 2. The number of rotatable bonds is 6. The first-order chi connectivity index (χ1) is 13.9. The van der Waals surface area contributed by atoms with E-state index in [0.29, 0.717) is 0 Å². The zero-order chi connectivity index (χ0) is 20.8. The second-order valence-corrected chi connectivity index (χ2v) is 7.71. The first kappa shape index (κ1) is 20.6. The lowest BCUT2D eigenvalue weighted by molar-refractivity contribution is -0.124. The van der Waals surface area contributed by atoms with Crippen molar-refractivity contribution in [1.29, 1.82) is 0 Å². The van der Waals surface area contributed by atoms with E-state index in [1.165, 1.54) is 18.7 Å². The van der Waals surface area contributed by atoms with Crippen LogP contribution < -0.4 is 15.9 Å². The molecule has 0 saturated heterocycles. The lowest BCUT2D eigenvalue weighted by Crippen LogP contribution is -2.45. The summed E-state index contributed by atoms with van der Waals surface area (Å²) in [7, 11) is 0. The van der Waals surface area contributed by atoms with E-state index in [9.17, 15) is 14.4 Å². The first-order valence-electron chi connectivity index (χ1n) is 9.15. The fourth-order valence-electron chi connectivity index (χ4n) is 2.80. The van der Waals surface area contributed by atoms with Crippen LogP contribution in [0.1, 0.15) is 18.9 Å². The van der Waals surface area contributed by atoms with Crippen molar-refractivity contribution in [2.75, 3.05) is 10.8 Å². The molecule has 150 valence electrons. The molecule has 2 N–H and O–H groups in total. The van der Waals surface area contributed by atoms with Crippen molar-refractivity contribution in [3.05, 3.63) is 60.2 Å². The zero-order valence-corrected chi connectivity index (χ0v) is 17.0. The Morgan fingerprint density at radius 3 is 2.41 bits per heavy atom. The first-order valence-corrected chi connectivity index (χ1v) is 10.1. The van der Waals surface area contributed by atoms with E-state index in [0.717, 1.165) is 16.1 Å². The molecule has 2 amide bonds. The lowest BCUT2D eigenvalue weighted by atomic mass is 10.1. The molecule has 8 heteroatoms. The quantitative estimate of drug-likeness (QED) is 0.564. The average Bonchev–Trinajstić information content (AvgIpc) is 3.18. The lowest BCUT2D eigenvalue weighted by Gasteiger charge is -2.20. The third-order valence-corrected chi connectivity index (χ3v) is 5.38. The largest absolute Gasteiger partial charge is 0.298 e. The third-order valence-electron chi connectivity index (χ3n) is 4.37.